The summed E-state index contributed by atoms with van der Waals surface area (Å²) >= 11 is 0. The zero-order chi connectivity index (χ0) is 29.4. The van der Waals surface area contributed by atoms with Crippen molar-refractivity contribution < 1.29 is 24.2 Å². The summed E-state index contributed by atoms with van der Waals surface area (Å²) in [6.07, 6.45) is 4.61. The molecule has 1 saturated heterocycles. The van der Waals surface area contributed by atoms with E-state index in [4.69, 9.17) is 10.2 Å². The first-order chi connectivity index (χ1) is 20.3. The molecule has 0 spiro atoms. The van der Waals surface area contributed by atoms with Crippen LogP contribution in [0.2, 0.25) is 0 Å². The number of nitrogens with zero attached hydrogens (tertiary/aromatic N) is 3. The largest absolute Gasteiger partial charge is 0.507 e. The molecule has 3 atom stereocenters. The SMILES string of the molecule is Cc1ccccc1N1CCN(c2cc(O)c(C(=O)N[C@H]3CCC[C@H](O)[C@@H]3N)cc2NC(=O)c2coc(C3CC3)n2)CC1. The van der Waals surface area contributed by atoms with Gasteiger partial charge in [0.15, 0.2) is 11.6 Å². The summed E-state index contributed by atoms with van der Waals surface area (Å²) in [5, 5.41) is 27.0. The molecule has 1 aromatic heterocycles. The predicted molar refractivity (Wildman–Crippen MR) is 159 cm³/mol. The van der Waals surface area contributed by atoms with Crippen LogP contribution >= 0.6 is 0 Å². The molecule has 2 saturated carbocycles. The van der Waals surface area contributed by atoms with E-state index in [0.717, 1.165) is 32.4 Å². The molecule has 2 aliphatic carbocycles. The van der Waals surface area contributed by atoms with Gasteiger partial charge < -0.3 is 40.8 Å². The maximum Gasteiger partial charge on any atom is 0.277 e. The number of rotatable bonds is 7. The van der Waals surface area contributed by atoms with Gasteiger partial charge in [0.05, 0.1) is 29.1 Å². The molecule has 42 heavy (non-hydrogen) atoms. The lowest BCUT2D eigenvalue weighted by molar-refractivity contribution is 0.0752. The molecule has 222 valence electrons. The van der Waals surface area contributed by atoms with E-state index in [1.165, 1.54) is 29.6 Å². The van der Waals surface area contributed by atoms with Gasteiger partial charge in [-0.1, -0.05) is 18.2 Å². The molecule has 0 radical (unpaired) electrons. The van der Waals surface area contributed by atoms with Gasteiger partial charge in [-0.15, -0.1) is 0 Å². The Balaban J connectivity index is 1.26. The van der Waals surface area contributed by atoms with Crippen LogP contribution < -0.4 is 26.2 Å². The van der Waals surface area contributed by atoms with Crippen molar-refractivity contribution in [3.8, 4) is 5.75 Å². The molecule has 2 heterocycles. The number of piperazine rings is 1. The summed E-state index contributed by atoms with van der Waals surface area (Å²) in [7, 11) is 0. The summed E-state index contributed by atoms with van der Waals surface area (Å²) in [6.45, 7) is 4.88. The monoisotopic (exact) mass is 574 g/mol. The van der Waals surface area contributed by atoms with Crippen LogP contribution in [0.1, 0.15) is 70.3 Å². The van der Waals surface area contributed by atoms with Crippen molar-refractivity contribution in [1.29, 1.82) is 0 Å². The Morgan fingerprint density at radius 2 is 1.71 bits per heavy atom. The van der Waals surface area contributed by atoms with Crippen molar-refractivity contribution in [1.82, 2.24) is 10.3 Å². The summed E-state index contributed by atoms with van der Waals surface area (Å²) in [5.41, 5.74) is 9.70. The van der Waals surface area contributed by atoms with E-state index in [9.17, 15) is 19.8 Å². The van der Waals surface area contributed by atoms with Crippen LogP contribution in [0.3, 0.4) is 0 Å². The molecule has 3 aromatic rings. The number of nitrogens with two attached hydrogens (primary N) is 1. The van der Waals surface area contributed by atoms with E-state index in [2.05, 4.69) is 44.5 Å². The molecule has 6 N–H and O–H groups in total. The number of nitrogens with one attached hydrogen (secondary N) is 2. The summed E-state index contributed by atoms with van der Waals surface area (Å²) in [5.74, 6) is -0.361. The number of aliphatic hydroxyl groups is 1. The van der Waals surface area contributed by atoms with Crippen LogP contribution in [0.15, 0.2) is 47.1 Å². The Kier molecular flexibility index (Phi) is 7.78. The average molecular weight is 575 g/mol. The standard InChI is InChI=1S/C31H38N6O5/c1-18-5-2-3-7-24(18)36-11-13-37(14-12-36)25-16-27(39)20(29(40)33-21-6-4-8-26(38)28(21)32)15-22(25)34-30(41)23-17-42-31(35-23)19-9-10-19/h2-3,5,7,15-17,19,21,26,28,38-39H,4,6,8-14,32H2,1H3,(H,33,40)(H,34,41)/t21-,26-,28+/m0/s1. The highest BCUT2D eigenvalue weighted by Gasteiger charge is 2.32. The van der Waals surface area contributed by atoms with E-state index >= 15 is 0 Å². The topological polar surface area (TPSA) is 157 Å². The predicted octanol–water partition coefficient (Wildman–Crippen LogP) is 3.12. The van der Waals surface area contributed by atoms with Crippen LogP contribution in [0.25, 0.3) is 0 Å². The Hall–Kier alpha value is -4.09. The highest BCUT2D eigenvalue weighted by molar-refractivity contribution is 6.07. The Morgan fingerprint density at radius 3 is 2.43 bits per heavy atom. The van der Waals surface area contributed by atoms with E-state index in [1.54, 1.807) is 0 Å². The smallest absolute Gasteiger partial charge is 0.277 e. The van der Waals surface area contributed by atoms with Gasteiger partial charge in [-0.05, 0) is 56.7 Å². The highest BCUT2D eigenvalue weighted by atomic mass is 16.3. The lowest BCUT2D eigenvalue weighted by Gasteiger charge is -2.38. The number of para-hydroxylation sites is 1. The normalized spacial score (nSPS) is 22.6. The lowest BCUT2D eigenvalue weighted by Crippen LogP contribution is -2.55. The fraction of sp³-hybridized carbons (Fsp3) is 0.452. The van der Waals surface area contributed by atoms with Crippen LogP contribution in [-0.2, 0) is 0 Å². The van der Waals surface area contributed by atoms with Crippen molar-refractivity contribution in [3.63, 3.8) is 0 Å². The number of phenolic OH excluding ortho intramolecular Hbond substituents is 1. The van der Waals surface area contributed by atoms with Crippen molar-refractivity contribution >= 4 is 28.9 Å². The second-order valence-corrected chi connectivity index (χ2v) is 11.6. The molecular formula is C31H38N6O5. The van der Waals surface area contributed by atoms with Crippen molar-refractivity contribution in [2.45, 2.75) is 63.1 Å². The van der Waals surface area contributed by atoms with E-state index in [0.29, 0.717) is 43.2 Å². The number of carbonyl (C=O) groups excluding carboxylic acids is 2. The third kappa shape index (κ3) is 5.79. The molecule has 1 aliphatic heterocycles. The fourth-order valence-corrected chi connectivity index (χ4v) is 5.94. The van der Waals surface area contributed by atoms with E-state index in [1.807, 2.05) is 12.1 Å². The van der Waals surface area contributed by atoms with Crippen molar-refractivity contribution in [2.24, 2.45) is 5.73 Å². The van der Waals surface area contributed by atoms with Crippen LogP contribution in [0, 0.1) is 6.92 Å². The Morgan fingerprint density at radius 1 is 1.00 bits per heavy atom. The summed E-state index contributed by atoms with van der Waals surface area (Å²) in [4.78, 5) is 35.4. The number of aliphatic hydroxyl groups excluding tert-OH is 1. The molecule has 2 amide bonds. The first kappa shape index (κ1) is 28.0. The molecule has 0 unspecified atom stereocenters. The fourth-order valence-electron chi connectivity index (χ4n) is 5.94. The number of carbonyl (C=O) groups is 2. The molecule has 2 aromatic carbocycles. The molecule has 3 aliphatic rings. The number of phenols is 1. The van der Waals surface area contributed by atoms with Gasteiger partial charge in [-0.3, -0.25) is 9.59 Å². The maximum atomic E-state index is 13.3. The molecule has 0 bridgehead atoms. The number of aromatic hydroxyl groups is 1. The van der Waals surface area contributed by atoms with Crippen molar-refractivity contribution in [3.05, 3.63) is 65.4 Å². The number of oxazole rings is 1. The highest BCUT2D eigenvalue weighted by Crippen LogP contribution is 2.40. The number of hydrogen-bond donors (Lipinski definition) is 5. The first-order valence-corrected chi connectivity index (χ1v) is 14.7. The van der Waals surface area contributed by atoms with Gasteiger partial charge in [0.25, 0.3) is 11.8 Å². The molecule has 3 fully saturated rings. The summed E-state index contributed by atoms with van der Waals surface area (Å²) in [6, 6.07) is 10.3. The Labute approximate surface area is 244 Å². The van der Waals surface area contributed by atoms with Gasteiger partial charge >= 0.3 is 0 Å². The third-order valence-corrected chi connectivity index (χ3v) is 8.60. The molecule has 6 rings (SSSR count). The van der Waals surface area contributed by atoms with Gasteiger partial charge in [0, 0.05) is 49.9 Å². The maximum absolute atomic E-state index is 13.3. The van der Waals surface area contributed by atoms with Gasteiger partial charge in [-0.25, -0.2) is 4.98 Å². The number of amides is 2. The van der Waals surface area contributed by atoms with Gasteiger partial charge in [0.1, 0.15) is 12.0 Å². The zero-order valence-corrected chi connectivity index (χ0v) is 23.8. The average Bonchev–Trinajstić information content (AvgIpc) is 3.72. The molecule has 11 nitrogen and oxygen atoms in total. The third-order valence-electron chi connectivity index (χ3n) is 8.60. The summed E-state index contributed by atoms with van der Waals surface area (Å²) < 4.78 is 5.52. The second-order valence-electron chi connectivity index (χ2n) is 11.6. The first-order valence-electron chi connectivity index (χ1n) is 14.7. The molecule has 11 heteroatoms. The minimum atomic E-state index is -0.698. The van der Waals surface area contributed by atoms with Gasteiger partial charge in [0.2, 0.25) is 0 Å². The number of anilines is 3. The Bertz CT molecular complexity index is 1460. The van der Waals surface area contributed by atoms with Crippen LogP contribution in [0.4, 0.5) is 17.1 Å². The quantitative estimate of drug-likeness (QED) is 0.268. The van der Waals surface area contributed by atoms with Gasteiger partial charge in [-0.2, -0.15) is 0 Å². The van der Waals surface area contributed by atoms with Crippen LogP contribution in [-0.4, -0.2) is 71.4 Å². The van der Waals surface area contributed by atoms with Crippen molar-refractivity contribution in [2.75, 3.05) is 41.3 Å². The van der Waals surface area contributed by atoms with Crippen LogP contribution in [0.5, 0.6) is 5.75 Å². The van der Waals surface area contributed by atoms with E-state index < -0.39 is 30.0 Å². The minimum Gasteiger partial charge on any atom is -0.507 e. The number of benzene rings is 2. The minimum absolute atomic E-state index is 0.0127. The molecular weight excluding hydrogens is 536 g/mol. The number of aromatic nitrogens is 1. The number of aryl methyl sites for hydroxylation is 1. The lowest BCUT2D eigenvalue weighted by atomic mass is 9.88. The second kappa shape index (κ2) is 11.7. The van der Waals surface area contributed by atoms with E-state index in [-0.39, 0.29) is 22.9 Å². The zero-order valence-electron chi connectivity index (χ0n) is 23.8. The number of hydrogen-bond acceptors (Lipinski definition) is 9.